The van der Waals surface area contributed by atoms with Crippen LogP contribution in [0, 0.1) is 0 Å². The van der Waals surface area contributed by atoms with E-state index in [2.05, 4.69) is 38.1 Å². The van der Waals surface area contributed by atoms with E-state index < -0.39 is 0 Å². The Balaban J connectivity index is 0.00000182. The summed E-state index contributed by atoms with van der Waals surface area (Å²) in [6.45, 7) is 1.65. The van der Waals surface area contributed by atoms with Crippen LogP contribution in [0.2, 0.25) is 0 Å². The van der Waals surface area contributed by atoms with Gasteiger partial charge in [-0.05, 0) is 47.4 Å². The first-order chi connectivity index (χ1) is 11.7. The van der Waals surface area contributed by atoms with Gasteiger partial charge in [-0.3, -0.25) is 4.98 Å². The number of hydrogen-bond acceptors (Lipinski definition) is 6. The lowest BCUT2D eigenvalue weighted by molar-refractivity contribution is 0.830. The largest absolute Gasteiger partial charge is 0.383 e. The molecule has 0 spiro atoms. The fourth-order valence-electron chi connectivity index (χ4n) is 3.12. The highest BCUT2D eigenvalue weighted by Gasteiger charge is 2.20. The summed E-state index contributed by atoms with van der Waals surface area (Å²) in [5.74, 6) is 0.657. The Kier molecular flexibility index (Phi) is 4.72. The zero-order valence-corrected chi connectivity index (χ0v) is 14.4. The number of nitrogens with zero attached hydrogens (tertiary/aromatic N) is 4. The van der Waals surface area contributed by atoms with Gasteiger partial charge in [-0.15, -0.1) is 12.4 Å². The van der Waals surface area contributed by atoms with Gasteiger partial charge in [-0.1, -0.05) is 6.07 Å². The van der Waals surface area contributed by atoms with Gasteiger partial charge >= 0.3 is 0 Å². The minimum atomic E-state index is 0. The van der Waals surface area contributed by atoms with Crippen LogP contribution in [0.1, 0.15) is 11.1 Å². The molecule has 1 aliphatic rings. The van der Waals surface area contributed by atoms with Crippen molar-refractivity contribution in [2.24, 2.45) is 0 Å². The van der Waals surface area contributed by atoms with Gasteiger partial charge in [0.15, 0.2) is 0 Å². The number of aromatic nitrogens is 3. The quantitative estimate of drug-likeness (QED) is 0.751. The van der Waals surface area contributed by atoms with E-state index in [0.717, 1.165) is 18.5 Å². The van der Waals surface area contributed by atoms with E-state index in [4.69, 9.17) is 11.5 Å². The summed E-state index contributed by atoms with van der Waals surface area (Å²) >= 11 is 0. The number of nitrogen functional groups attached to an aromatic ring is 2. The molecule has 0 bridgehead atoms. The molecule has 0 atom stereocenters. The Morgan fingerprint density at radius 1 is 1.04 bits per heavy atom. The van der Waals surface area contributed by atoms with Crippen LogP contribution in [0.4, 0.5) is 17.5 Å². The van der Waals surface area contributed by atoms with Crippen molar-refractivity contribution in [3.8, 4) is 11.1 Å². The molecule has 0 saturated heterocycles. The van der Waals surface area contributed by atoms with Crippen molar-refractivity contribution in [1.82, 2.24) is 15.0 Å². The number of halogens is 1. The number of rotatable bonds is 3. The normalized spacial score (nSPS) is 12.6. The number of fused-ring (bicyclic) bond motifs is 1. The van der Waals surface area contributed by atoms with Crippen molar-refractivity contribution in [3.05, 3.63) is 60.0 Å². The standard InChI is InChI=1S/C18H18N6.ClH/c19-17-15(10-22-18(20)23-17)11-24-8-5-14-9-13(1-2-16(14)24)12-3-6-21-7-4-12;/h1-4,6-7,9-10H,5,8,11H2,(H4,19,20,22,23);1H. The Morgan fingerprint density at radius 3 is 2.60 bits per heavy atom. The molecule has 25 heavy (non-hydrogen) atoms. The molecule has 0 radical (unpaired) electrons. The summed E-state index contributed by atoms with van der Waals surface area (Å²) in [5, 5.41) is 0. The number of benzene rings is 1. The fraction of sp³-hybridized carbons (Fsp3) is 0.167. The van der Waals surface area contributed by atoms with E-state index in [1.165, 1.54) is 22.4 Å². The van der Waals surface area contributed by atoms with Crippen molar-refractivity contribution >= 4 is 29.9 Å². The minimum absolute atomic E-state index is 0. The first kappa shape index (κ1) is 17.0. The van der Waals surface area contributed by atoms with Crippen LogP contribution in [0.15, 0.2) is 48.9 Å². The summed E-state index contributed by atoms with van der Waals surface area (Å²) < 4.78 is 0. The Hall–Kier alpha value is -2.86. The van der Waals surface area contributed by atoms with Gasteiger partial charge in [0, 0.05) is 42.9 Å². The van der Waals surface area contributed by atoms with E-state index in [1.807, 2.05) is 24.5 Å². The van der Waals surface area contributed by atoms with Crippen LogP contribution in [-0.2, 0) is 13.0 Å². The van der Waals surface area contributed by atoms with E-state index >= 15 is 0 Å². The molecule has 0 aliphatic carbocycles. The van der Waals surface area contributed by atoms with Crippen LogP contribution >= 0.6 is 12.4 Å². The first-order valence-corrected chi connectivity index (χ1v) is 7.86. The van der Waals surface area contributed by atoms with E-state index in [1.54, 1.807) is 6.20 Å². The fourth-order valence-corrected chi connectivity index (χ4v) is 3.12. The van der Waals surface area contributed by atoms with Gasteiger partial charge in [0.25, 0.3) is 0 Å². The molecule has 0 unspecified atom stereocenters. The van der Waals surface area contributed by atoms with Crippen LogP contribution < -0.4 is 16.4 Å². The van der Waals surface area contributed by atoms with Gasteiger partial charge in [-0.25, -0.2) is 4.98 Å². The molecule has 0 saturated carbocycles. The summed E-state index contributed by atoms with van der Waals surface area (Å²) in [6, 6.07) is 10.6. The highest BCUT2D eigenvalue weighted by atomic mass is 35.5. The second kappa shape index (κ2) is 6.94. The lowest BCUT2D eigenvalue weighted by Gasteiger charge is -2.20. The molecule has 0 amide bonds. The molecular weight excluding hydrogens is 336 g/mol. The molecule has 2 aromatic heterocycles. The molecule has 4 rings (SSSR count). The molecular formula is C18H19ClN6. The zero-order valence-electron chi connectivity index (χ0n) is 13.6. The van der Waals surface area contributed by atoms with Crippen LogP contribution in [0.25, 0.3) is 11.1 Å². The van der Waals surface area contributed by atoms with Gasteiger partial charge in [-0.2, -0.15) is 4.98 Å². The Labute approximate surface area is 152 Å². The molecule has 128 valence electrons. The number of hydrogen-bond donors (Lipinski definition) is 2. The monoisotopic (exact) mass is 354 g/mol. The van der Waals surface area contributed by atoms with Crippen molar-refractivity contribution in [2.75, 3.05) is 22.9 Å². The SMILES string of the molecule is Cl.Nc1ncc(CN2CCc3cc(-c4ccncc4)ccc32)c(N)n1. The van der Waals surface area contributed by atoms with Crippen molar-refractivity contribution in [1.29, 1.82) is 0 Å². The minimum Gasteiger partial charge on any atom is -0.383 e. The summed E-state index contributed by atoms with van der Waals surface area (Å²) in [7, 11) is 0. The van der Waals surface area contributed by atoms with Gasteiger partial charge in [0.05, 0.1) is 0 Å². The second-order valence-corrected chi connectivity index (χ2v) is 5.89. The maximum absolute atomic E-state index is 5.96. The van der Waals surface area contributed by atoms with Crippen molar-refractivity contribution in [2.45, 2.75) is 13.0 Å². The van der Waals surface area contributed by atoms with Gasteiger partial charge < -0.3 is 16.4 Å². The lowest BCUT2D eigenvalue weighted by atomic mass is 10.0. The number of anilines is 3. The highest BCUT2D eigenvalue weighted by molar-refractivity contribution is 5.85. The summed E-state index contributed by atoms with van der Waals surface area (Å²) in [4.78, 5) is 14.5. The molecule has 6 nitrogen and oxygen atoms in total. The summed E-state index contributed by atoms with van der Waals surface area (Å²) in [5.41, 5.74) is 17.4. The third-order valence-electron chi connectivity index (χ3n) is 4.36. The number of nitrogens with two attached hydrogens (primary N) is 2. The average molecular weight is 355 g/mol. The third-order valence-corrected chi connectivity index (χ3v) is 4.36. The smallest absolute Gasteiger partial charge is 0.221 e. The van der Waals surface area contributed by atoms with Crippen LogP contribution in [-0.4, -0.2) is 21.5 Å². The topological polar surface area (TPSA) is 94.0 Å². The molecule has 4 N–H and O–H groups in total. The summed E-state index contributed by atoms with van der Waals surface area (Å²) in [6.07, 6.45) is 6.36. The number of pyridine rings is 1. The predicted octanol–water partition coefficient (Wildman–Crippen LogP) is 2.69. The molecule has 3 heterocycles. The lowest BCUT2D eigenvalue weighted by Crippen LogP contribution is -2.21. The maximum Gasteiger partial charge on any atom is 0.221 e. The molecule has 3 aromatic rings. The van der Waals surface area contributed by atoms with E-state index in [0.29, 0.717) is 12.4 Å². The maximum atomic E-state index is 5.96. The van der Waals surface area contributed by atoms with Crippen molar-refractivity contribution in [3.63, 3.8) is 0 Å². The third kappa shape index (κ3) is 3.34. The molecule has 1 aromatic carbocycles. The average Bonchev–Trinajstić information content (AvgIpc) is 3.00. The first-order valence-electron chi connectivity index (χ1n) is 7.86. The molecule has 0 fully saturated rings. The predicted molar refractivity (Wildman–Crippen MR) is 103 cm³/mol. The molecule has 7 heteroatoms. The van der Waals surface area contributed by atoms with Crippen molar-refractivity contribution < 1.29 is 0 Å². The highest BCUT2D eigenvalue weighted by Crippen LogP contribution is 2.33. The van der Waals surface area contributed by atoms with Gasteiger partial charge in [0.1, 0.15) is 5.82 Å². The van der Waals surface area contributed by atoms with E-state index in [9.17, 15) is 0 Å². The van der Waals surface area contributed by atoms with E-state index in [-0.39, 0.29) is 18.4 Å². The van der Waals surface area contributed by atoms with Gasteiger partial charge in [0.2, 0.25) is 5.95 Å². The second-order valence-electron chi connectivity index (χ2n) is 5.89. The Bertz CT molecular complexity index is 884. The Morgan fingerprint density at radius 2 is 1.84 bits per heavy atom. The zero-order chi connectivity index (χ0) is 16.5. The van der Waals surface area contributed by atoms with Crippen LogP contribution in [0.5, 0.6) is 0 Å². The van der Waals surface area contributed by atoms with Crippen LogP contribution in [0.3, 0.4) is 0 Å². The molecule has 1 aliphatic heterocycles.